The van der Waals surface area contributed by atoms with Gasteiger partial charge in [0.05, 0.1) is 120 Å². The number of Topliss-reactive ketones (excluding diaryl/α,β-unsaturated/α-hetero) is 10. The van der Waals surface area contributed by atoms with Gasteiger partial charge in [0.1, 0.15) is 40.0 Å². The van der Waals surface area contributed by atoms with Crippen LogP contribution in [0.1, 0.15) is 293 Å². The van der Waals surface area contributed by atoms with Crippen LogP contribution < -0.4 is 0 Å². The molecule has 1 aliphatic heterocycles. The fourth-order valence-electron chi connectivity index (χ4n) is 15.7. The largest absolute Gasteiger partial charge is 0.379 e. The topological polar surface area (TPSA) is 341 Å². The highest BCUT2D eigenvalue weighted by atomic mass is 35.5. The fourth-order valence-corrected chi connectivity index (χ4v) is 17.0. The molecule has 0 spiro atoms. The molecule has 8 aromatic heterocycles. The van der Waals surface area contributed by atoms with Gasteiger partial charge in [-0.05, 0) is 180 Å². The number of carbonyl (C=O) groups excluding carboxylic acids is 10. The van der Waals surface area contributed by atoms with Crippen molar-refractivity contribution >= 4 is 86.5 Å². The molecule has 10 rings (SSSR count). The molecule has 9 aromatic rings. The van der Waals surface area contributed by atoms with Crippen LogP contribution in [-0.4, -0.2) is 225 Å². The Morgan fingerprint density at radius 2 is 0.875 bits per heavy atom. The Bertz CT molecular complexity index is 5310. The number of fused-ring (bicyclic) bond motifs is 3. The SMILES string of the molecule is Cc1sc2c(c1C)C(c1ccc(Cl)cc1)=N[C@@H](CC(=O)CCCOCCOCCOCCOCCOCCOCCC(=O)CCCCN(C)CCCCC(=O)c1cc(CC(=O)c3nc(CC(=O)CCCC(=O)c4cc(CC(=O)c5nc(CC(=O)CCCC(=O)c6cc(CC(=O)c7nccn7C(C)C)cn6C)cn5C(C)C)cn4C)cn3C(C)C)cn1C)c1nnc(C)n1-2. The number of aliphatic imine (C=N–C) groups is 1. The van der Waals surface area contributed by atoms with E-state index in [2.05, 4.69) is 48.5 Å². The molecule has 0 fully saturated rings. The summed E-state index contributed by atoms with van der Waals surface area (Å²) in [5.41, 5.74) is 8.17. The second kappa shape index (κ2) is 49.6. The Kier molecular flexibility index (Phi) is 38.8. The first-order valence-corrected chi connectivity index (χ1v) is 46.0. The summed E-state index contributed by atoms with van der Waals surface area (Å²) >= 11 is 7.93. The van der Waals surface area contributed by atoms with Crippen LogP contribution in [0.4, 0.5) is 0 Å². The molecule has 0 saturated carbocycles. The highest BCUT2D eigenvalue weighted by Crippen LogP contribution is 2.40. The van der Waals surface area contributed by atoms with Gasteiger partial charge in [-0.1, -0.05) is 23.7 Å². The van der Waals surface area contributed by atoms with Crippen molar-refractivity contribution < 1.29 is 76.4 Å². The van der Waals surface area contributed by atoms with Gasteiger partial charge in [-0.3, -0.25) is 57.5 Å². The molecule has 0 aliphatic carbocycles. The van der Waals surface area contributed by atoms with Crippen molar-refractivity contribution in [3.63, 3.8) is 0 Å². The van der Waals surface area contributed by atoms with Crippen LogP contribution in [-0.2, 0) is 101 Å². The molecule has 9 heterocycles. The molecule has 30 nitrogen and oxygen atoms in total. The number of thiophene rings is 1. The van der Waals surface area contributed by atoms with Gasteiger partial charge in [0, 0.05) is 187 Å². The quantitative estimate of drug-likeness (QED) is 0.0252. The summed E-state index contributed by atoms with van der Waals surface area (Å²) < 4.78 is 46.4. The number of ketones is 10. The standard InChI is InChI=1S/C96H127ClN14O16S/c1-63(2)108-36-33-98-93(108)87(119)52-69-49-82(106(12)58-69)85(117)26-18-22-77(113)56-75-62-110(65(5)6)95(100-75)89(121)54-71-51-83(107(13)60-71)86(118)27-19-23-78(114)55-74-61-109(64(3)4)94(99-74)88(120)53-70-50-81(105(11)59-70)84(116)25-15-17-35-104(10)34-16-14-21-76(112)32-38-123-40-42-125-44-46-127-48-47-126-45-43-124-41-39-122-37-20-24-79(115)57-80-92-103-102-68(9)111(92)96-90(66(7)67(8)128-96)91(101-80)72-28-30-73(97)31-29-72/h28-31,33,36,49-51,58-65,80H,14-27,32,34-35,37-48,52-57H2,1-13H3/t80-/m0/s1. The molecule has 0 N–H and O–H groups in total. The lowest BCUT2D eigenvalue weighted by molar-refractivity contribution is -0.121. The van der Waals surface area contributed by atoms with Crippen molar-refractivity contribution in [1.29, 1.82) is 0 Å². The lowest BCUT2D eigenvalue weighted by Gasteiger charge is -2.16. The van der Waals surface area contributed by atoms with Crippen molar-refractivity contribution in [3.05, 3.63) is 187 Å². The first-order chi connectivity index (χ1) is 61.4. The summed E-state index contributed by atoms with van der Waals surface area (Å²) in [6, 6.07) is 12.1. The van der Waals surface area contributed by atoms with Crippen LogP contribution in [0.15, 0.2) is 90.8 Å². The number of halogens is 1. The Hall–Kier alpha value is -10.1. The lowest BCUT2D eigenvalue weighted by atomic mass is 9.99. The predicted octanol–water partition coefficient (Wildman–Crippen LogP) is 14.7. The number of carbonyl (C=O) groups is 10. The zero-order valence-electron chi connectivity index (χ0n) is 76.7. The summed E-state index contributed by atoms with van der Waals surface area (Å²) in [6.07, 6.45) is 18.8. The third-order valence-electron chi connectivity index (χ3n) is 22.6. The van der Waals surface area contributed by atoms with Gasteiger partial charge in [-0.15, -0.1) is 21.5 Å². The zero-order chi connectivity index (χ0) is 92.1. The van der Waals surface area contributed by atoms with Crippen LogP contribution in [0.3, 0.4) is 0 Å². The summed E-state index contributed by atoms with van der Waals surface area (Å²) in [6.45, 7) is 24.3. The maximum Gasteiger partial charge on any atom is 0.202 e. The Labute approximate surface area is 759 Å². The highest BCUT2D eigenvalue weighted by Gasteiger charge is 2.34. The number of benzene rings is 1. The van der Waals surface area contributed by atoms with Crippen LogP contribution in [0.2, 0.25) is 5.02 Å². The molecule has 32 heteroatoms. The van der Waals surface area contributed by atoms with Gasteiger partial charge >= 0.3 is 0 Å². The molecule has 128 heavy (non-hydrogen) atoms. The third-order valence-corrected chi connectivity index (χ3v) is 24.1. The number of nitrogens with zero attached hydrogens (tertiary/aromatic N) is 14. The highest BCUT2D eigenvalue weighted by molar-refractivity contribution is 7.15. The second-order valence-electron chi connectivity index (χ2n) is 34.0. The van der Waals surface area contributed by atoms with Crippen molar-refractivity contribution in [2.24, 2.45) is 26.1 Å². The number of rotatable bonds is 62. The second-order valence-corrected chi connectivity index (χ2v) is 35.7. The smallest absolute Gasteiger partial charge is 0.202 e. The molecule has 0 unspecified atom stereocenters. The van der Waals surface area contributed by atoms with Crippen molar-refractivity contribution in [2.45, 2.75) is 221 Å². The van der Waals surface area contributed by atoms with Crippen LogP contribution in [0, 0.1) is 20.8 Å². The van der Waals surface area contributed by atoms with E-state index in [1.54, 1.807) is 117 Å². The Balaban J connectivity index is 0.511. The number of imidazole rings is 3. The van der Waals surface area contributed by atoms with E-state index in [-0.39, 0.29) is 158 Å². The van der Waals surface area contributed by atoms with E-state index in [9.17, 15) is 47.9 Å². The van der Waals surface area contributed by atoms with Crippen LogP contribution in [0.5, 0.6) is 0 Å². The van der Waals surface area contributed by atoms with E-state index in [0.717, 1.165) is 65.6 Å². The van der Waals surface area contributed by atoms with E-state index >= 15 is 0 Å². The summed E-state index contributed by atoms with van der Waals surface area (Å²) in [5, 5.41) is 10.6. The molecule has 0 amide bonds. The lowest BCUT2D eigenvalue weighted by Crippen LogP contribution is -2.21. The van der Waals surface area contributed by atoms with Gasteiger partial charge in [-0.25, -0.2) is 15.0 Å². The van der Waals surface area contributed by atoms with Gasteiger partial charge < -0.3 is 60.7 Å². The number of aryl methyl sites for hydroxylation is 5. The van der Waals surface area contributed by atoms with Gasteiger partial charge in [0.15, 0.2) is 40.6 Å². The monoisotopic (exact) mass is 1800 g/mol. The molecular formula is C96H127ClN14O16S. The van der Waals surface area contributed by atoms with Gasteiger partial charge in [-0.2, -0.15) is 0 Å². The molecule has 0 radical (unpaired) electrons. The van der Waals surface area contributed by atoms with E-state index in [1.165, 1.54) is 4.88 Å². The van der Waals surface area contributed by atoms with Crippen LogP contribution in [0.25, 0.3) is 5.00 Å². The molecule has 0 saturated heterocycles. The summed E-state index contributed by atoms with van der Waals surface area (Å²) in [7, 11) is 7.33. The molecule has 690 valence electrons. The Morgan fingerprint density at radius 3 is 1.34 bits per heavy atom. The number of hydrogen-bond donors (Lipinski definition) is 0. The van der Waals surface area contributed by atoms with Gasteiger partial charge in [0.25, 0.3) is 0 Å². The number of hydrogen-bond acceptors (Lipinski definition) is 24. The van der Waals surface area contributed by atoms with Crippen LogP contribution >= 0.6 is 22.9 Å². The van der Waals surface area contributed by atoms with E-state index < -0.39 is 6.04 Å². The molecule has 1 aromatic carbocycles. The van der Waals surface area contributed by atoms with E-state index in [0.29, 0.717) is 186 Å². The van der Waals surface area contributed by atoms with Crippen molar-refractivity contribution in [1.82, 2.24) is 62.0 Å². The molecule has 1 atom stereocenters. The van der Waals surface area contributed by atoms with E-state index in [1.807, 2.05) is 84.3 Å². The average Bonchev–Trinajstić information content (AvgIpc) is 1.58. The minimum absolute atomic E-state index is 0.00980. The number of aromatic nitrogens is 12. The first kappa shape index (κ1) is 100. The third kappa shape index (κ3) is 29.2. The maximum absolute atomic E-state index is 13.9. The number of unbranched alkanes of at least 4 members (excludes halogenated alkanes) is 2. The fraction of sp³-hybridized carbons (Fsp3) is 0.542. The van der Waals surface area contributed by atoms with Crippen molar-refractivity contribution in [2.75, 3.05) is 99.4 Å². The number of ether oxygens (including phenoxy) is 6. The van der Waals surface area contributed by atoms with Crippen molar-refractivity contribution in [3.8, 4) is 5.00 Å². The minimum atomic E-state index is -0.498. The Morgan fingerprint density at radius 1 is 0.453 bits per heavy atom. The van der Waals surface area contributed by atoms with Gasteiger partial charge in [0.2, 0.25) is 17.3 Å². The summed E-state index contributed by atoms with van der Waals surface area (Å²) in [5.74, 6) is 1.18. The normalized spacial score (nSPS) is 12.7. The zero-order valence-corrected chi connectivity index (χ0v) is 78.3. The molecular weight excluding hydrogens is 1670 g/mol. The minimum Gasteiger partial charge on any atom is -0.379 e. The maximum atomic E-state index is 13.9. The predicted molar refractivity (Wildman–Crippen MR) is 488 cm³/mol. The average molecular weight is 1800 g/mol. The van der Waals surface area contributed by atoms with E-state index in [4.69, 9.17) is 45.0 Å². The molecule has 0 bridgehead atoms. The summed E-state index contributed by atoms with van der Waals surface area (Å²) in [4.78, 5) is 156. The molecule has 1 aliphatic rings. The first-order valence-electron chi connectivity index (χ1n) is 44.8.